The van der Waals surface area contributed by atoms with Crippen LogP contribution < -0.4 is 15.0 Å². The smallest absolute Gasteiger partial charge is 0.321 e. The number of hydrogen-bond donors (Lipinski definition) is 1. The molecule has 2 aliphatic heterocycles. The fraction of sp³-hybridized carbons (Fsp3) is 0.409. The van der Waals surface area contributed by atoms with Gasteiger partial charge in [0.2, 0.25) is 11.9 Å². The molecule has 2 aromatic rings. The van der Waals surface area contributed by atoms with Crippen LogP contribution in [0.2, 0.25) is 0 Å². The molecule has 1 aromatic heterocycles. The number of aliphatic imine (C=N–C) groups is 1. The van der Waals surface area contributed by atoms with Crippen LogP contribution in [0.3, 0.4) is 0 Å². The van der Waals surface area contributed by atoms with Crippen LogP contribution in [0.1, 0.15) is 18.7 Å². The van der Waals surface area contributed by atoms with Crippen LogP contribution >= 0.6 is 0 Å². The number of anilines is 1. The van der Waals surface area contributed by atoms with Gasteiger partial charge in [-0.2, -0.15) is 0 Å². The molecule has 3 heterocycles. The molecule has 1 N–H and O–H groups in total. The molecule has 0 spiro atoms. The summed E-state index contributed by atoms with van der Waals surface area (Å²) in [6.07, 6.45) is 1.51. The Kier molecular flexibility index (Phi) is 6.11. The molecule has 9 nitrogen and oxygen atoms in total. The van der Waals surface area contributed by atoms with E-state index >= 15 is 0 Å². The average molecular weight is 426 g/mol. The van der Waals surface area contributed by atoms with E-state index in [-0.39, 0.29) is 6.61 Å². The first-order valence-electron chi connectivity index (χ1n) is 10.3. The zero-order valence-electron chi connectivity index (χ0n) is 17.6. The first-order chi connectivity index (χ1) is 15.1. The maximum Gasteiger partial charge on any atom is 0.321 e. The van der Waals surface area contributed by atoms with Crippen LogP contribution in [0.25, 0.3) is 0 Å². The van der Waals surface area contributed by atoms with E-state index in [0.717, 1.165) is 24.5 Å². The molecule has 31 heavy (non-hydrogen) atoms. The van der Waals surface area contributed by atoms with Crippen molar-refractivity contribution >= 4 is 23.5 Å². The van der Waals surface area contributed by atoms with Gasteiger partial charge in [0.25, 0.3) is 0 Å². The first kappa shape index (κ1) is 20.8. The van der Waals surface area contributed by atoms with Crippen molar-refractivity contribution in [2.24, 2.45) is 10.9 Å². The molecule has 0 unspecified atom stereocenters. The second-order valence-corrected chi connectivity index (χ2v) is 7.30. The summed E-state index contributed by atoms with van der Waals surface area (Å²) in [5, 5.41) is 2.80. The molecule has 0 bridgehead atoms. The van der Waals surface area contributed by atoms with Crippen molar-refractivity contribution in [2.45, 2.75) is 13.0 Å². The number of rotatable bonds is 5. The van der Waals surface area contributed by atoms with Crippen molar-refractivity contribution in [2.75, 3.05) is 44.8 Å². The third kappa shape index (κ3) is 4.35. The number of carbonyl (C=O) groups is 2. The van der Waals surface area contributed by atoms with Gasteiger partial charge in [-0.1, -0.05) is 0 Å². The van der Waals surface area contributed by atoms with Gasteiger partial charge in [-0.15, -0.1) is 0 Å². The van der Waals surface area contributed by atoms with Crippen LogP contribution in [-0.4, -0.2) is 62.6 Å². The Morgan fingerprint density at radius 3 is 2.48 bits per heavy atom. The molecule has 1 fully saturated rings. The van der Waals surface area contributed by atoms with Gasteiger partial charge in [-0.05, 0) is 43.3 Å². The van der Waals surface area contributed by atoms with E-state index in [0.29, 0.717) is 24.8 Å². The molecular formula is C22H26N4O5. The lowest BCUT2D eigenvalue weighted by Crippen LogP contribution is -2.57. The summed E-state index contributed by atoms with van der Waals surface area (Å²) in [4.78, 5) is 34.2. The number of nitrogens with zero attached hydrogens (tertiary/aromatic N) is 3. The molecular weight excluding hydrogens is 400 g/mol. The molecule has 1 amide bonds. The number of amides is 1. The van der Waals surface area contributed by atoms with E-state index in [1.165, 1.54) is 6.26 Å². The van der Waals surface area contributed by atoms with Crippen molar-refractivity contribution in [3.05, 3.63) is 48.4 Å². The molecule has 2 aliphatic rings. The Morgan fingerprint density at radius 2 is 1.87 bits per heavy atom. The Balaban J connectivity index is 1.49. The van der Waals surface area contributed by atoms with Gasteiger partial charge in [0, 0.05) is 31.9 Å². The monoisotopic (exact) mass is 426 g/mol. The summed E-state index contributed by atoms with van der Waals surface area (Å²) < 4.78 is 15.8. The number of furan rings is 1. The summed E-state index contributed by atoms with van der Waals surface area (Å²) >= 11 is 0. The Hall–Kier alpha value is -3.49. The molecule has 1 aromatic carbocycles. The zero-order chi connectivity index (χ0) is 21.8. The lowest BCUT2D eigenvalue weighted by molar-refractivity contribution is -0.153. The molecule has 9 heteroatoms. The van der Waals surface area contributed by atoms with Crippen molar-refractivity contribution in [1.29, 1.82) is 0 Å². The van der Waals surface area contributed by atoms with E-state index in [1.54, 1.807) is 26.2 Å². The Bertz CT molecular complexity index is 933. The summed E-state index contributed by atoms with van der Waals surface area (Å²) in [7, 11) is 1.65. The van der Waals surface area contributed by atoms with Crippen LogP contribution in [0.15, 0.2) is 52.1 Å². The Labute approximate surface area is 180 Å². The van der Waals surface area contributed by atoms with Gasteiger partial charge in [0.05, 0.1) is 20.0 Å². The van der Waals surface area contributed by atoms with Crippen molar-refractivity contribution in [1.82, 2.24) is 10.2 Å². The minimum atomic E-state index is -1.07. The second kappa shape index (κ2) is 9.11. The number of nitrogens with one attached hydrogen (secondary N) is 1. The van der Waals surface area contributed by atoms with Crippen molar-refractivity contribution in [3.63, 3.8) is 0 Å². The molecule has 0 radical (unpaired) electrons. The minimum absolute atomic E-state index is 0.192. The lowest BCUT2D eigenvalue weighted by Gasteiger charge is -2.39. The van der Waals surface area contributed by atoms with Crippen molar-refractivity contribution < 1.29 is 23.5 Å². The van der Waals surface area contributed by atoms with Gasteiger partial charge < -0.3 is 23.7 Å². The Morgan fingerprint density at radius 1 is 1.16 bits per heavy atom. The molecule has 1 saturated heterocycles. The number of piperazine rings is 1. The maximum atomic E-state index is 12.8. The summed E-state index contributed by atoms with van der Waals surface area (Å²) in [5.41, 5.74) is 1.12. The normalized spacial score (nSPS) is 21.4. The molecule has 2 atom stereocenters. The minimum Gasteiger partial charge on any atom is -0.497 e. The number of methoxy groups -OCH3 is 1. The average Bonchev–Trinajstić information content (AvgIpc) is 3.34. The van der Waals surface area contributed by atoms with E-state index < -0.39 is 23.8 Å². The third-order valence-electron chi connectivity index (χ3n) is 5.49. The largest absolute Gasteiger partial charge is 0.497 e. The standard InChI is InChI=1S/C22H26N4O5/c1-3-30-21(28)18-19(17-5-4-14-31-17)23-22(24-20(18)27)26-12-10-25(11-13-26)15-6-8-16(29-2)9-7-15/h4-9,14,18-19H,3,10-13H2,1-2H3,(H,23,24,27)/t18-,19-/m1/s1. The highest BCUT2D eigenvalue weighted by Crippen LogP contribution is 2.31. The number of ether oxygens (including phenoxy) is 2. The highest BCUT2D eigenvalue weighted by molar-refractivity contribution is 6.08. The van der Waals surface area contributed by atoms with E-state index in [4.69, 9.17) is 13.9 Å². The second-order valence-electron chi connectivity index (χ2n) is 7.30. The predicted octanol–water partition coefficient (Wildman–Crippen LogP) is 1.82. The summed E-state index contributed by atoms with van der Waals surface area (Å²) in [5.74, 6) is -0.364. The number of hydrogen-bond acceptors (Lipinski definition) is 8. The predicted molar refractivity (Wildman–Crippen MR) is 114 cm³/mol. The summed E-state index contributed by atoms with van der Waals surface area (Å²) in [6, 6.07) is 10.6. The highest BCUT2D eigenvalue weighted by Gasteiger charge is 2.43. The fourth-order valence-electron chi connectivity index (χ4n) is 3.86. The maximum absolute atomic E-state index is 12.8. The number of guanidine groups is 1. The quantitative estimate of drug-likeness (QED) is 0.575. The fourth-order valence-corrected chi connectivity index (χ4v) is 3.86. The molecule has 0 aliphatic carbocycles. The number of carbonyl (C=O) groups excluding carboxylic acids is 2. The van der Waals surface area contributed by atoms with Crippen LogP contribution in [0, 0.1) is 5.92 Å². The highest BCUT2D eigenvalue weighted by atomic mass is 16.5. The van der Waals surface area contributed by atoms with Gasteiger partial charge in [-0.3, -0.25) is 14.9 Å². The topological polar surface area (TPSA) is 96.6 Å². The van der Waals surface area contributed by atoms with Crippen LogP contribution in [-0.2, 0) is 14.3 Å². The van der Waals surface area contributed by atoms with E-state index in [9.17, 15) is 9.59 Å². The lowest BCUT2D eigenvalue weighted by atomic mass is 9.95. The van der Waals surface area contributed by atoms with Crippen molar-refractivity contribution in [3.8, 4) is 5.75 Å². The van der Waals surface area contributed by atoms with Gasteiger partial charge in [0.1, 0.15) is 17.6 Å². The van der Waals surface area contributed by atoms with Crippen LogP contribution in [0.5, 0.6) is 5.75 Å². The number of benzene rings is 1. The summed E-state index contributed by atoms with van der Waals surface area (Å²) in [6.45, 7) is 4.80. The van der Waals surface area contributed by atoms with Gasteiger partial charge >= 0.3 is 5.97 Å². The molecule has 4 rings (SSSR count). The third-order valence-corrected chi connectivity index (χ3v) is 5.49. The van der Waals surface area contributed by atoms with E-state index in [1.807, 2.05) is 29.2 Å². The van der Waals surface area contributed by atoms with Crippen LogP contribution in [0.4, 0.5) is 5.69 Å². The molecule has 0 saturated carbocycles. The number of esters is 1. The van der Waals surface area contributed by atoms with E-state index in [2.05, 4.69) is 15.2 Å². The first-order valence-corrected chi connectivity index (χ1v) is 10.3. The van der Waals surface area contributed by atoms with Gasteiger partial charge in [0.15, 0.2) is 5.92 Å². The molecule has 164 valence electrons. The van der Waals surface area contributed by atoms with Gasteiger partial charge in [-0.25, -0.2) is 4.99 Å². The SMILES string of the molecule is CCOC(=O)[C@H]1C(=O)NC(N2CCN(c3ccc(OC)cc3)CC2)=N[C@@H]1c1ccco1. The zero-order valence-corrected chi connectivity index (χ0v) is 17.6.